The van der Waals surface area contributed by atoms with E-state index in [1.165, 1.54) is 0 Å². The first-order valence-electron chi connectivity index (χ1n) is 5.81. The average molecular weight is 235 g/mol. The van der Waals surface area contributed by atoms with Crippen LogP contribution in [-0.4, -0.2) is 17.2 Å². The van der Waals surface area contributed by atoms with Crippen LogP contribution in [0.3, 0.4) is 0 Å². The summed E-state index contributed by atoms with van der Waals surface area (Å²) >= 11 is 0. The molecular formula is C14H19O3. The highest BCUT2D eigenvalue weighted by Crippen LogP contribution is 2.08. The van der Waals surface area contributed by atoms with E-state index in [4.69, 9.17) is 4.74 Å². The average Bonchev–Trinajstić information content (AvgIpc) is 2.34. The van der Waals surface area contributed by atoms with Crippen LogP contribution < -0.4 is 0 Å². The van der Waals surface area contributed by atoms with E-state index in [2.05, 4.69) is 0 Å². The van der Waals surface area contributed by atoms with Crippen molar-refractivity contribution in [3.63, 3.8) is 0 Å². The van der Waals surface area contributed by atoms with Crippen molar-refractivity contribution in [2.75, 3.05) is 0 Å². The van der Waals surface area contributed by atoms with Gasteiger partial charge in [-0.1, -0.05) is 44.2 Å². The van der Waals surface area contributed by atoms with E-state index in [0.717, 1.165) is 5.56 Å². The minimum atomic E-state index is -1.05. The Hall–Kier alpha value is -1.35. The fraction of sp³-hybridized carbons (Fsp3) is 0.429. The maximum atomic E-state index is 11.4. The molecule has 1 aromatic rings. The molecule has 0 saturated carbocycles. The zero-order valence-electron chi connectivity index (χ0n) is 10.3. The van der Waals surface area contributed by atoms with Crippen LogP contribution in [-0.2, 0) is 16.1 Å². The highest BCUT2D eigenvalue weighted by Gasteiger charge is 2.16. The predicted molar refractivity (Wildman–Crippen MR) is 66.0 cm³/mol. The molecule has 1 radical (unpaired) electrons. The summed E-state index contributed by atoms with van der Waals surface area (Å²) in [6.45, 7) is 4.21. The summed E-state index contributed by atoms with van der Waals surface area (Å²) in [5.41, 5.74) is 0.917. The molecule has 93 valence electrons. The Labute approximate surface area is 102 Å². The third kappa shape index (κ3) is 5.50. The molecule has 0 aromatic heterocycles. The first kappa shape index (κ1) is 13.7. The maximum Gasteiger partial charge on any atom is 0.335 e. The Morgan fingerprint density at radius 1 is 1.35 bits per heavy atom. The second-order valence-electron chi connectivity index (χ2n) is 4.32. The molecule has 17 heavy (non-hydrogen) atoms. The van der Waals surface area contributed by atoms with Crippen LogP contribution in [0.1, 0.15) is 25.8 Å². The lowest BCUT2D eigenvalue weighted by atomic mass is 10.1. The van der Waals surface area contributed by atoms with Gasteiger partial charge in [-0.2, -0.15) is 0 Å². The molecule has 1 aromatic carbocycles. The van der Waals surface area contributed by atoms with Crippen LogP contribution in [0.25, 0.3) is 0 Å². The molecule has 1 unspecified atom stereocenters. The van der Waals surface area contributed by atoms with Crippen molar-refractivity contribution < 1.29 is 14.6 Å². The highest BCUT2D eigenvalue weighted by molar-refractivity contribution is 5.74. The second-order valence-corrected chi connectivity index (χ2v) is 4.32. The number of rotatable bonds is 6. The Morgan fingerprint density at radius 3 is 2.59 bits per heavy atom. The molecule has 0 spiro atoms. The Bertz CT molecular complexity index is 333. The lowest BCUT2D eigenvalue weighted by Crippen LogP contribution is -2.23. The minimum absolute atomic E-state index is 0.207. The van der Waals surface area contributed by atoms with Gasteiger partial charge in [0, 0.05) is 0 Å². The number of carbonyl (C=O) groups excluding carboxylic acids is 1. The van der Waals surface area contributed by atoms with Gasteiger partial charge >= 0.3 is 5.97 Å². The molecule has 0 fully saturated rings. The van der Waals surface area contributed by atoms with Crippen LogP contribution in [0.2, 0.25) is 0 Å². The summed E-state index contributed by atoms with van der Waals surface area (Å²) in [4.78, 5) is 11.4. The standard InChI is InChI=1S/C14H19O3/c1-11(2)8-9-13(15)14(16)17-10-12-6-4-3-5-7-12/h3-8,11,13,15H,9-10H2,1-2H3. The normalized spacial score (nSPS) is 12.5. The summed E-state index contributed by atoms with van der Waals surface area (Å²) in [7, 11) is 0. The molecule has 3 heteroatoms. The number of hydrogen-bond donors (Lipinski definition) is 1. The van der Waals surface area contributed by atoms with E-state index >= 15 is 0 Å². The van der Waals surface area contributed by atoms with E-state index in [1.54, 1.807) is 0 Å². The summed E-state index contributed by atoms with van der Waals surface area (Å²) in [6, 6.07) is 9.41. The Kier molecular flexibility index (Phi) is 5.70. The van der Waals surface area contributed by atoms with Gasteiger partial charge in [0.25, 0.3) is 0 Å². The Morgan fingerprint density at radius 2 is 2.00 bits per heavy atom. The molecule has 0 aliphatic heterocycles. The zero-order chi connectivity index (χ0) is 12.7. The summed E-state index contributed by atoms with van der Waals surface area (Å²) in [5, 5.41) is 9.54. The monoisotopic (exact) mass is 235 g/mol. The van der Waals surface area contributed by atoms with Gasteiger partial charge in [-0.25, -0.2) is 4.79 Å². The van der Waals surface area contributed by atoms with Gasteiger partial charge in [0.05, 0.1) is 0 Å². The molecule has 3 nitrogen and oxygen atoms in total. The fourth-order valence-electron chi connectivity index (χ4n) is 1.32. The molecular weight excluding hydrogens is 216 g/mol. The highest BCUT2D eigenvalue weighted by atomic mass is 16.5. The molecule has 0 aliphatic rings. The SMILES string of the molecule is CC(C)[CH]CC(O)C(=O)OCc1ccccc1. The summed E-state index contributed by atoms with van der Waals surface area (Å²) in [5.74, 6) is -0.211. The predicted octanol–water partition coefficient (Wildman–Crippen LogP) is 2.34. The topological polar surface area (TPSA) is 46.5 Å². The molecule has 0 saturated heterocycles. The first-order valence-corrected chi connectivity index (χ1v) is 5.81. The number of hydrogen-bond acceptors (Lipinski definition) is 3. The second kappa shape index (κ2) is 7.07. The van der Waals surface area contributed by atoms with Crippen molar-refractivity contribution in [3.05, 3.63) is 42.3 Å². The molecule has 0 bridgehead atoms. The molecule has 0 aliphatic carbocycles. The van der Waals surface area contributed by atoms with Crippen molar-refractivity contribution in [2.24, 2.45) is 5.92 Å². The first-order chi connectivity index (χ1) is 8.09. The smallest absolute Gasteiger partial charge is 0.335 e. The zero-order valence-corrected chi connectivity index (χ0v) is 10.3. The third-order valence-electron chi connectivity index (χ3n) is 2.33. The summed E-state index contributed by atoms with van der Waals surface area (Å²) < 4.78 is 5.01. The van der Waals surface area contributed by atoms with Gasteiger partial charge in [-0.3, -0.25) is 0 Å². The van der Waals surface area contributed by atoms with Gasteiger partial charge in [0.15, 0.2) is 6.10 Å². The molecule has 1 rings (SSSR count). The van der Waals surface area contributed by atoms with Crippen LogP contribution >= 0.6 is 0 Å². The number of carbonyl (C=O) groups is 1. The Balaban J connectivity index is 2.29. The van der Waals surface area contributed by atoms with E-state index in [-0.39, 0.29) is 6.61 Å². The number of aliphatic hydroxyl groups is 1. The largest absolute Gasteiger partial charge is 0.459 e. The van der Waals surface area contributed by atoms with E-state index < -0.39 is 12.1 Å². The van der Waals surface area contributed by atoms with Crippen molar-refractivity contribution in [1.29, 1.82) is 0 Å². The van der Waals surface area contributed by atoms with Crippen molar-refractivity contribution >= 4 is 5.97 Å². The number of esters is 1. The maximum absolute atomic E-state index is 11.4. The minimum Gasteiger partial charge on any atom is -0.459 e. The van der Waals surface area contributed by atoms with Gasteiger partial charge < -0.3 is 9.84 Å². The number of aliphatic hydroxyl groups excluding tert-OH is 1. The molecule has 0 heterocycles. The van der Waals surface area contributed by atoms with Crippen molar-refractivity contribution in [2.45, 2.75) is 33.0 Å². The quantitative estimate of drug-likeness (QED) is 0.770. The van der Waals surface area contributed by atoms with Crippen LogP contribution in [0.5, 0.6) is 0 Å². The number of ether oxygens (including phenoxy) is 1. The fourth-order valence-corrected chi connectivity index (χ4v) is 1.32. The van der Waals surface area contributed by atoms with Gasteiger partial charge in [-0.05, 0) is 24.3 Å². The van der Waals surface area contributed by atoms with Crippen molar-refractivity contribution in [1.82, 2.24) is 0 Å². The third-order valence-corrected chi connectivity index (χ3v) is 2.33. The van der Waals surface area contributed by atoms with E-state index in [9.17, 15) is 9.90 Å². The van der Waals surface area contributed by atoms with Crippen LogP contribution in [0.15, 0.2) is 30.3 Å². The van der Waals surface area contributed by atoms with E-state index in [1.807, 2.05) is 50.6 Å². The lowest BCUT2D eigenvalue weighted by molar-refractivity contribution is -0.154. The molecule has 1 atom stereocenters. The van der Waals surface area contributed by atoms with E-state index in [0.29, 0.717) is 12.3 Å². The van der Waals surface area contributed by atoms with Gasteiger partial charge in [-0.15, -0.1) is 0 Å². The lowest BCUT2D eigenvalue weighted by Gasteiger charge is -2.11. The van der Waals surface area contributed by atoms with Gasteiger partial charge in [0.1, 0.15) is 6.61 Å². The molecule has 0 amide bonds. The van der Waals surface area contributed by atoms with Crippen molar-refractivity contribution in [3.8, 4) is 0 Å². The number of benzene rings is 1. The molecule has 1 N–H and O–H groups in total. The van der Waals surface area contributed by atoms with Crippen LogP contribution in [0, 0.1) is 12.3 Å². The van der Waals surface area contributed by atoms with Crippen LogP contribution in [0.4, 0.5) is 0 Å². The van der Waals surface area contributed by atoms with Gasteiger partial charge in [0.2, 0.25) is 0 Å². The summed E-state index contributed by atoms with van der Waals surface area (Å²) in [6.07, 6.45) is 1.18.